The first-order valence-electron chi connectivity index (χ1n) is 5.30. The second kappa shape index (κ2) is 4.78. The van der Waals surface area contributed by atoms with Crippen molar-refractivity contribution in [2.75, 3.05) is 5.32 Å². The number of rotatable bonds is 2. The van der Waals surface area contributed by atoms with E-state index < -0.39 is 0 Å². The van der Waals surface area contributed by atoms with Crippen LogP contribution in [0.5, 0.6) is 0 Å². The Labute approximate surface area is 99.1 Å². The van der Waals surface area contributed by atoms with Gasteiger partial charge in [0.25, 0.3) is 0 Å². The molecule has 2 aromatic rings. The Kier molecular flexibility index (Phi) is 3.19. The van der Waals surface area contributed by atoms with Crippen LogP contribution in [0.4, 0.5) is 10.1 Å². The molecule has 0 aromatic heterocycles. The summed E-state index contributed by atoms with van der Waals surface area (Å²) in [6.45, 7) is 1.43. The molecule has 86 valence electrons. The fourth-order valence-corrected chi connectivity index (χ4v) is 1.70. The van der Waals surface area contributed by atoms with Gasteiger partial charge >= 0.3 is 0 Å². The third-order valence-electron chi connectivity index (χ3n) is 2.40. The Bertz CT molecular complexity index is 551. The monoisotopic (exact) mass is 229 g/mol. The molecule has 0 saturated carbocycles. The van der Waals surface area contributed by atoms with Crippen LogP contribution in [0.15, 0.2) is 48.5 Å². The minimum Gasteiger partial charge on any atom is -0.326 e. The fraction of sp³-hybridized carbons (Fsp3) is 0.0714. The van der Waals surface area contributed by atoms with E-state index >= 15 is 0 Å². The van der Waals surface area contributed by atoms with Crippen molar-refractivity contribution in [3.63, 3.8) is 0 Å². The number of nitrogens with one attached hydrogen (secondary N) is 1. The molecule has 0 aliphatic heterocycles. The van der Waals surface area contributed by atoms with Gasteiger partial charge in [-0.25, -0.2) is 4.39 Å². The van der Waals surface area contributed by atoms with Crippen molar-refractivity contribution < 1.29 is 9.18 Å². The molecular formula is C14H12FNO. The number of anilines is 1. The van der Waals surface area contributed by atoms with Gasteiger partial charge in [-0.3, -0.25) is 4.79 Å². The highest BCUT2D eigenvalue weighted by Crippen LogP contribution is 2.29. The molecule has 0 fully saturated rings. The molecular weight excluding hydrogens is 217 g/mol. The lowest BCUT2D eigenvalue weighted by Crippen LogP contribution is -2.07. The number of amides is 1. The topological polar surface area (TPSA) is 29.1 Å². The van der Waals surface area contributed by atoms with E-state index in [-0.39, 0.29) is 11.7 Å². The molecule has 1 N–H and O–H groups in total. The number of carbonyl (C=O) groups is 1. The van der Waals surface area contributed by atoms with Crippen molar-refractivity contribution in [3.8, 4) is 11.1 Å². The van der Waals surface area contributed by atoms with E-state index in [0.717, 1.165) is 0 Å². The van der Waals surface area contributed by atoms with E-state index in [2.05, 4.69) is 5.32 Å². The SMILES string of the molecule is CC(=O)Nc1ccccc1-c1ccccc1F. The maximum absolute atomic E-state index is 13.7. The zero-order valence-corrected chi connectivity index (χ0v) is 9.41. The second-order valence-corrected chi connectivity index (χ2v) is 3.71. The van der Waals surface area contributed by atoms with Gasteiger partial charge in [-0.05, 0) is 12.1 Å². The summed E-state index contributed by atoms with van der Waals surface area (Å²) in [5.41, 5.74) is 1.78. The second-order valence-electron chi connectivity index (χ2n) is 3.71. The number of hydrogen-bond donors (Lipinski definition) is 1. The predicted octanol–water partition coefficient (Wildman–Crippen LogP) is 3.45. The van der Waals surface area contributed by atoms with Crippen LogP contribution in [0.2, 0.25) is 0 Å². The van der Waals surface area contributed by atoms with Crippen molar-refractivity contribution in [1.29, 1.82) is 0 Å². The number of para-hydroxylation sites is 1. The Balaban J connectivity index is 2.52. The van der Waals surface area contributed by atoms with E-state index in [1.165, 1.54) is 13.0 Å². The molecule has 0 radical (unpaired) electrons. The van der Waals surface area contributed by atoms with Crippen LogP contribution >= 0.6 is 0 Å². The van der Waals surface area contributed by atoms with Crippen LogP contribution in [0, 0.1) is 5.82 Å². The highest BCUT2D eigenvalue weighted by molar-refractivity contribution is 5.94. The van der Waals surface area contributed by atoms with E-state index in [1.54, 1.807) is 36.4 Å². The van der Waals surface area contributed by atoms with Gasteiger partial charge in [0.15, 0.2) is 0 Å². The third-order valence-corrected chi connectivity index (χ3v) is 2.40. The summed E-state index contributed by atoms with van der Waals surface area (Å²) in [7, 11) is 0. The Morgan fingerprint density at radius 2 is 1.59 bits per heavy atom. The molecule has 0 heterocycles. The van der Waals surface area contributed by atoms with Crippen molar-refractivity contribution in [2.45, 2.75) is 6.92 Å². The van der Waals surface area contributed by atoms with Gasteiger partial charge in [0.1, 0.15) is 5.82 Å². The normalized spacial score (nSPS) is 10.0. The number of halogens is 1. The molecule has 2 nitrogen and oxygen atoms in total. The highest BCUT2D eigenvalue weighted by Gasteiger charge is 2.09. The van der Waals surface area contributed by atoms with Gasteiger partial charge < -0.3 is 5.32 Å². The Morgan fingerprint density at radius 3 is 2.24 bits per heavy atom. The van der Waals surface area contributed by atoms with Crippen molar-refractivity contribution in [2.24, 2.45) is 0 Å². The molecule has 17 heavy (non-hydrogen) atoms. The van der Waals surface area contributed by atoms with Crippen molar-refractivity contribution in [1.82, 2.24) is 0 Å². The van der Waals surface area contributed by atoms with Crippen LogP contribution in [0.25, 0.3) is 11.1 Å². The van der Waals surface area contributed by atoms with E-state index in [4.69, 9.17) is 0 Å². The molecule has 0 aliphatic carbocycles. The van der Waals surface area contributed by atoms with E-state index in [9.17, 15) is 9.18 Å². The van der Waals surface area contributed by atoms with Gasteiger partial charge in [0.05, 0.1) is 0 Å². The molecule has 0 saturated heterocycles. The zero-order valence-electron chi connectivity index (χ0n) is 9.41. The van der Waals surface area contributed by atoms with Gasteiger partial charge in [0.2, 0.25) is 5.91 Å². The Hall–Kier alpha value is -2.16. The summed E-state index contributed by atoms with van der Waals surface area (Å²) in [5.74, 6) is -0.473. The molecule has 1 amide bonds. The first kappa shape index (κ1) is 11.3. The average Bonchev–Trinajstić information content (AvgIpc) is 2.30. The molecule has 0 spiro atoms. The molecule has 0 atom stereocenters. The van der Waals surface area contributed by atoms with Crippen LogP contribution in [-0.2, 0) is 4.79 Å². The summed E-state index contributed by atoms with van der Waals surface area (Å²) in [6.07, 6.45) is 0. The van der Waals surface area contributed by atoms with Crippen LogP contribution in [-0.4, -0.2) is 5.91 Å². The van der Waals surface area contributed by atoms with Gasteiger partial charge in [-0.2, -0.15) is 0 Å². The van der Waals surface area contributed by atoms with Gasteiger partial charge in [-0.15, -0.1) is 0 Å². The fourth-order valence-electron chi connectivity index (χ4n) is 1.70. The maximum Gasteiger partial charge on any atom is 0.221 e. The lowest BCUT2D eigenvalue weighted by molar-refractivity contribution is -0.114. The molecule has 2 rings (SSSR count). The molecule has 2 aromatic carbocycles. The third kappa shape index (κ3) is 2.50. The molecule has 0 unspecified atom stereocenters. The number of hydrogen-bond acceptors (Lipinski definition) is 1. The lowest BCUT2D eigenvalue weighted by atomic mass is 10.0. The number of benzene rings is 2. The van der Waals surface area contributed by atoms with Crippen LogP contribution in [0.3, 0.4) is 0 Å². The van der Waals surface area contributed by atoms with E-state index in [1.807, 2.05) is 6.07 Å². The van der Waals surface area contributed by atoms with Gasteiger partial charge in [0, 0.05) is 23.7 Å². The summed E-state index contributed by atoms with van der Waals surface area (Å²) in [5, 5.41) is 2.69. The van der Waals surface area contributed by atoms with Crippen LogP contribution in [0.1, 0.15) is 6.92 Å². The lowest BCUT2D eigenvalue weighted by Gasteiger charge is -2.10. The standard InChI is InChI=1S/C14H12FNO/c1-10(17)16-14-9-5-3-7-12(14)11-6-2-4-8-13(11)15/h2-9H,1H3,(H,16,17). The summed E-state index contributed by atoms with van der Waals surface area (Å²) in [6, 6.07) is 13.6. The molecule has 3 heteroatoms. The first-order valence-corrected chi connectivity index (χ1v) is 5.30. The average molecular weight is 229 g/mol. The van der Waals surface area contributed by atoms with E-state index in [0.29, 0.717) is 16.8 Å². The quantitative estimate of drug-likeness (QED) is 0.839. The van der Waals surface area contributed by atoms with Crippen molar-refractivity contribution >= 4 is 11.6 Å². The largest absolute Gasteiger partial charge is 0.326 e. The minimum absolute atomic E-state index is 0.172. The number of carbonyl (C=O) groups excluding carboxylic acids is 1. The smallest absolute Gasteiger partial charge is 0.221 e. The summed E-state index contributed by atoms with van der Waals surface area (Å²) < 4.78 is 13.7. The summed E-state index contributed by atoms with van der Waals surface area (Å²) >= 11 is 0. The Morgan fingerprint density at radius 1 is 1.00 bits per heavy atom. The van der Waals surface area contributed by atoms with Gasteiger partial charge in [-0.1, -0.05) is 36.4 Å². The van der Waals surface area contributed by atoms with Crippen molar-refractivity contribution in [3.05, 3.63) is 54.3 Å². The molecule has 0 bridgehead atoms. The maximum atomic E-state index is 13.7. The summed E-state index contributed by atoms with van der Waals surface area (Å²) in [4.78, 5) is 11.1. The zero-order chi connectivity index (χ0) is 12.3. The molecule has 0 aliphatic rings. The highest BCUT2D eigenvalue weighted by atomic mass is 19.1. The minimum atomic E-state index is -0.301. The predicted molar refractivity (Wildman–Crippen MR) is 66.1 cm³/mol. The van der Waals surface area contributed by atoms with Crippen LogP contribution < -0.4 is 5.32 Å². The first-order chi connectivity index (χ1) is 8.18.